The van der Waals surface area contributed by atoms with Gasteiger partial charge in [-0.3, -0.25) is 9.20 Å². The number of rotatable bonds is 4. The monoisotopic (exact) mass is 369 g/mol. The van der Waals surface area contributed by atoms with Gasteiger partial charge in [0.1, 0.15) is 0 Å². The van der Waals surface area contributed by atoms with Gasteiger partial charge in [-0.2, -0.15) is 9.65 Å². The average molecular weight is 369 g/mol. The minimum atomic E-state index is -0.856. The van der Waals surface area contributed by atoms with Crippen LogP contribution < -0.4 is 5.56 Å². The number of thiazole rings is 1. The van der Waals surface area contributed by atoms with Crippen LogP contribution in [0.1, 0.15) is 39.7 Å². The van der Waals surface area contributed by atoms with Gasteiger partial charge in [0.25, 0.3) is 5.56 Å². The first kappa shape index (κ1) is 16.9. The summed E-state index contributed by atoms with van der Waals surface area (Å²) in [5.41, 5.74) is 1.39. The van der Waals surface area contributed by atoms with Crippen LogP contribution in [0.4, 0.5) is 4.39 Å². The molecular formula is C19H16FN3O2S. The van der Waals surface area contributed by atoms with Crippen molar-refractivity contribution < 1.29 is 9.50 Å². The number of nitrogens with zero attached hydrogens (tertiary/aromatic N) is 3. The third-order valence-electron chi connectivity index (χ3n) is 4.85. The number of hydrogen-bond acceptors (Lipinski definition) is 5. The van der Waals surface area contributed by atoms with Crippen molar-refractivity contribution in [2.75, 3.05) is 6.61 Å². The van der Waals surface area contributed by atoms with Gasteiger partial charge in [-0.25, -0.2) is 4.98 Å². The number of aryl methyl sites for hydroxylation is 1. The van der Waals surface area contributed by atoms with Crippen LogP contribution in [0, 0.1) is 30.0 Å². The van der Waals surface area contributed by atoms with Gasteiger partial charge in [0.05, 0.1) is 17.3 Å². The first-order chi connectivity index (χ1) is 12.5. The van der Waals surface area contributed by atoms with Gasteiger partial charge in [0.2, 0.25) is 5.82 Å². The van der Waals surface area contributed by atoms with Crippen LogP contribution in [-0.4, -0.2) is 21.1 Å². The van der Waals surface area contributed by atoms with Crippen LogP contribution in [-0.2, 0) is 6.42 Å². The standard InChI is InChI=1S/C19H16FN3O2S/c1-10-17(14-7-13(14)9-24)23-18(25)16(20)15(22-19(23)26-10)6-11-3-2-4-12(5-11)8-21/h2-5,13-14,24H,6-7,9H2,1H3/t13-,14+/m0/s1. The molecule has 0 bridgehead atoms. The van der Waals surface area contributed by atoms with E-state index in [0.29, 0.717) is 10.5 Å². The molecule has 1 aliphatic carbocycles. The number of halogens is 1. The van der Waals surface area contributed by atoms with Gasteiger partial charge in [0, 0.05) is 29.5 Å². The van der Waals surface area contributed by atoms with E-state index in [1.165, 1.54) is 15.7 Å². The Morgan fingerprint density at radius 2 is 2.31 bits per heavy atom. The zero-order valence-electron chi connectivity index (χ0n) is 14.1. The molecule has 0 unspecified atom stereocenters. The van der Waals surface area contributed by atoms with E-state index in [1.54, 1.807) is 24.3 Å². The molecule has 0 spiro atoms. The fraction of sp³-hybridized carbons (Fsp3) is 0.316. The van der Waals surface area contributed by atoms with E-state index >= 15 is 0 Å². The summed E-state index contributed by atoms with van der Waals surface area (Å²) in [5.74, 6) is -0.634. The Hall–Kier alpha value is -2.56. The summed E-state index contributed by atoms with van der Waals surface area (Å²) in [4.78, 5) is 18.5. The largest absolute Gasteiger partial charge is 0.396 e. The highest BCUT2D eigenvalue weighted by Crippen LogP contribution is 2.49. The van der Waals surface area contributed by atoms with E-state index in [4.69, 9.17) is 5.26 Å². The number of hydrogen-bond donors (Lipinski definition) is 1. The highest BCUT2D eigenvalue weighted by molar-refractivity contribution is 7.17. The van der Waals surface area contributed by atoms with Crippen molar-refractivity contribution >= 4 is 16.3 Å². The highest BCUT2D eigenvalue weighted by Gasteiger charge is 2.41. The minimum Gasteiger partial charge on any atom is -0.396 e. The molecule has 5 nitrogen and oxygen atoms in total. The molecule has 1 N–H and O–H groups in total. The van der Waals surface area contributed by atoms with Crippen molar-refractivity contribution in [2.45, 2.75) is 25.7 Å². The van der Waals surface area contributed by atoms with E-state index in [0.717, 1.165) is 22.6 Å². The van der Waals surface area contributed by atoms with E-state index < -0.39 is 11.4 Å². The molecule has 1 aliphatic rings. The molecule has 2 heterocycles. The Kier molecular flexibility index (Phi) is 4.10. The number of fused-ring (bicyclic) bond motifs is 1. The Morgan fingerprint density at radius 3 is 3.00 bits per heavy atom. The highest BCUT2D eigenvalue weighted by atomic mass is 32.1. The summed E-state index contributed by atoms with van der Waals surface area (Å²) in [5, 5.41) is 18.3. The molecule has 2 atom stereocenters. The van der Waals surface area contributed by atoms with Crippen LogP contribution in [0.15, 0.2) is 29.1 Å². The second kappa shape index (κ2) is 6.31. The number of aliphatic hydroxyl groups is 1. The molecule has 0 radical (unpaired) electrons. The lowest BCUT2D eigenvalue weighted by molar-refractivity contribution is 0.273. The molecule has 0 saturated heterocycles. The SMILES string of the molecule is Cc1sc2nc(Cc3cccc(C#N)c3)c(F)c(=O)n2c1[C@@H]1C[C@H]1CO. The number of nitriles is 1. The van der Waals surface area contributed by atoms with E-state index in [9.17, 15) is 14.3 Å². The van der Waals surface area contributed by atoms with Crippen LogP contribution in [0.25, 0.3) is 4.96 Å². The van der Waals surface area contributed by atoms with Crippen molar-refractivity contribution in [2.24, 2.45) is 5.92 Å². The zero-order valence-corrected chi connectivity index (χ0v) is 14.9. The van der Waals surface area contributed by atoms with Crippen LogP contribution >= 0.6 is 11.3 Å². The minimum absolute atomic E-state index is 0.0689. The second-order valence-electron chi connectivity index (χ2n) is 6.61. The van der Waals surface area contributed by atoms with Gasteiger partial charge in [-0.05, 0) is 37.0 Å². The van der Waals surface area contributed by atoms with E-state index in [2.05, 4.69) is 11.1 Å². The lowest BCUT2D eigenvalue weighted by Crippen LogP contribution is -2.22. The second-order valence-corrected chi connectivity index (χ2v) is 7.79. The molecule has 132 valence electrons. The molecule has 26 heavy (non-hydrogen) atoms. The summed E-state index contributed by atoms with van der Waals surface area (Å²) in [6, 6.07) is 8.91. The lowest BCUT2D eigenvalue weighted by atomic mass is 10.1. The molecule has 3 aromatic rings. The lowest BCUT2D eigenvalue weighted by Gasteiger charge is -2.06. The van der Waals surface area contributed by atoms with E-state index in [-0.39, 0.29) is 30.6 Å². The van der Waals surface area contributed by atoms with E-state index in [1.807, 2.05) is 6.92 Å². The smallest absolute Gasteiger partial charge is 0.295 e. The topological polar surface area (TPSA) is 78.4 Å². The fourth-order valence-electron chi connectivity index (χ4n) is 3.42. The van der Waals surface area contributed by atoms with Crippen molar-refractivity contribution in [1.82, 2.24) is 9.38 Å². The van der Waals surface area contributed by atoms with Crippen molar-refractivity contribution in [3.05, 3.63) is 67.8 Å². The molecule has 1 fully saturated rings. The first-order valence-corrected chi connectivity index (χ1v) is 9.15. The number of aromatic nitrogens is 2. The summed E-state index contributed by atoms with van der Waals surface area (Å²) < 4.78 is 16.1. The Morgan fingerprint density at radius 1 is 1.50 bits per heavy atom. The molecule has 4 rings (SSSR count). The van der Waals surface area contributed by atoms with Crippen molar-refractivity contribution in [1.29, 1.82) is 5.26 Å². The molecular weight excluding hydrogens is 353 g/mol. The predicted molar refractivity (Wildman–Crippen MR) is 95.9 cm³/mol. The van der Waals surface area contributed by atoms with Gasteiger partial charge in [-0.15, -0.1) is 11.3 Å². The first-order valence-electron chi connectivity index (χ1n) is 8.33. The number of aliphatic hydroxyl groups excluding tert-OH is 1. The maximum atomic E-state index is 14.7. The summed E-state index contributed by atoms with van der Waals surface area (Å²) in [6.07, 6.45) is 0.960. The van der Waals surface area contributed by atoms with Crippen LogP contribution in [0.5, 0.6) is 0 Å². The van der Waals surface area contributed by atoms with Crippen molar-refractivity contribution in [3.8, 4) is 6.07 Å². The van der Waals surface area contributed by atoms with Crippen LogP contribution in [0.2, 0.25) is 0 Å². The third-order valence-corrected chi connectivity index (χ3v) is 5.82. The Balaban J connectivity index is 1.80. The average Bonchev–Trinajstić information content (AvgIpc) is 3.34. The number of benzene rings is 1. The van der Waals surface area contributed by atoms with Gasteiger partial charge in [-0.1, -0.05) is 12.1 Å². The zero-order chi connectivity index (χ0) is 18.4. The van der Waals surface area contributed by atoms with Gasteiger partial charge >= 0.3 is 0 Å². The Labute approximate surface area is 153 Å². The van der Waals surface area contributed by atoms with Crippen LogP contribution in [0.3, 0.4) is 0 Å². The molecule has 7 heteroatoms. The summed E-state index contributed by atoms with van der Waals surface area (Å²) in [6.45, 7) is 1.97. The maximum Gasteiger partial charge on any atom is 0.295 e. The Bertz CT molecular complexity index is 1110. The molecule has 0 aliphatic heterocycles. The maximum absolute atomic E-state index is 14.7. The quantitative estimate of drug-likeness (QED) is 0.767. The van der Waals surface area contributed by atoms with Crippen molar-refractivity contribution in [3.63, 3.8) is 0 Å². The predicted octanol–water partition coefficient (Wildman–Crippen LogP) is 2.76. The molecule has 1 saturated carbocycles. The van der Waals surface area contributed by atoms with Gasteiger partial charge < -0.3 is 5.11 Å². The molecule has 2 aromatic heterocycles. The summed E-state index contributed by atoms with van der Waals surface area (Å²) in [7, 11) is 0. The fourth-order valence-corrected chi connectivity index (χ4v) is 4.47. The summed E-state index contributed by atoms with van der Waals surface area (Å²) >= 11 is 1.37. The van der Waals surface area contributed by atoms with Gasteiger partial charge in [0.15, 0.2) is 4.96 Å². The molecule has 1 aromatic carbocycles. The normalized spacial score (nSPS) is 18.8. The third kappa shape index (κ3) is 2.71. The molecule has 0 amide bonds.